The van der Waals surface area contributed by atoms with Crippen molar-refractivity contribution in [1.82, 2.24) is 19.3 Å². The molecule has 1 amide bonds. The van der Waals surface area contributed by atoms with Crippen LogP contribution in [0.4, 0.5) is 5.82 Å². The third-order valence-electron chi connectivity index (χ3n) is 4.18. The monoisotopic (exact) mass is 339 g/mol. The topological polar surface area (TPSA) is 64.7 Å². The van der Waals surface area contributed by atoms with Crippen LogP contribution in [0.25, 0.3) is 11.4 Å². The van der Waals surface area contributed by atoms with Gasteiger partial charge in [0, 0.05) is 49.1 Å². The molecule has 0 saturated heterocycles. The number of nitrogens with one attached hydrogen (secondary N) is 1. The van der Waals surface area contributed by atoms with Crippen molar-refractivity contribution in [2.24, 2.45) is 14.1 Å². The van der Waals surface area contributed by atoms with Gasteiger partial charge < -0.3 is 9.88 Å². The van der Waals surface area contributed by atoms with Crippen molar-refractivity contribution in [3.05, 3.63) is 53.5 Å². The molecule has 3 aromatic rings. The molecule has 0 unspecified atom stereocenters. The van der Waals surface area contributed by atoms with E-state index in [0.717, 1.165) is 40.0 Å². The molecule has 1 aliphatic heterocycles. The number of rotatable bonds is 3. The Labute approximate surface area is 143 Å². The molecule has 7 heteroatoms. The van der Waals surface area contributed by atoms with Gasteiger partial charge in [0.25, 0.3) is 5.91 Å². The van der Waals surface area contributed by atoms with Gasteiger partial charge in [-0.25, -0.2) is 4.98 Å². The van der Waals surface area contributed by atoms with Crippen molar-refractivity contribution >= 4 is 23.5 Å². The lowest BCUT2D eigenvalue weighted by molar-refractivity contribution is 0.102. The molecule has 122 valence electrons. The number of carbonyl (C=O) groups excluding carboxylic acids is 1. The Hall–Kier alpha value is -2.54. The molecule has 0 saturated carbocycles. The first-order valence-corrected chi connectivity index (χ1v) is 8.81. The summed E-state index contributed by atoms with van der Waals surface area (Å²) in [4.78, 5) is 17.3. The quantitative estimate of drug-likeness (QED) is 0.797. The molecule has 1 aromatic carbocycles. The van der Waals surface area contributed by atoms with Crippen LogP contribution in [0.1, 0.15) is 21.6 Å². The minimum Gasteiger partial charge on any atom is -0.334 e. The minimum absolute atomic E-state index is 0.142. The lowest BCUT2D eigenvalue weighted by atomic mass is 10.1. The first-order valence-electron chi connectivity index (χ1n) is 7.65. The third kappa shape index (κ3) is 2.41. The molecule has 24 heavy (non-hydrogen) atoms. The summed E-state index contributed by atoms with van der Waals surface area (Å²) >= 11 is 1.82. The number of benzene rings is 1. The molecule has 4 rings (SSSR count). The van der Waals surface area contributed by atoms with Gasteiger partial charge in [-0.2, -0.15) is 16.9 Å². The molecule has 0 fully saturated rings. The van der Waals surface area contributed by atoms with E-state index in [0.29, 0.717) is 5.56 Å². The predicted octanol–water partition coefficient (Wildman–Crippen LogP) is 2.82. The number of aromatic nitrogens is 4. The number of anilines is 1. The largest absolute Gasteiger partial charge is 0.334 e. The zero-order chi connectivity index (χ0) is 16.7. The average Bonchev–Trinajstić information content (AvgIpc) is 3.26. The second-order valence-corrected chi connectivity index (χ2v) is 6.74. The highest BCUT2D eigenvalue weighted by Gasteiger charge is 2.24. The Morgan fingerprint density at radius 2 is 2.08 bits per heavy atom. The van der Waals surface area contributed by atoms with Crippen LogP contribution in [0.2, 0.25) is 0 Å². The molecular formula is C17H17N5OS. The summed E-state index contributed by atoms with van der Waals surface area (Å²) in [6, 6.07) is 7.52. The van der Waals surface area contributed by atoms with E-state index in [9.17, 15) is 4.79 Å². The van der Waals surface area contributed by atoms with Gasteiger partial charge in [0.15, 0.2) is 0 Å². The second kappa shape index (κ2) is 5.83. The molecule has 0 radical (unpaired) electrons. The normalized spacial score (nSPS) is 13.1. The number of hydrogen-bond donors (Lipinski definition) is 1. The van der Waals surface area contributed by atoms with Gasteiger partial charge in [-0.1, -0.05) is 18.2 Å². The first-order chi connectivity index (χ1) is 11.6. The standard InChI is InChI=1S/C17H17N5OS/c1-21-8-7-18-15(21)11-5-3-4-6-12(11)17(23)19-16-13-9-24-10-14(13)20-22(16)2/h3-8H,9-10H2,1-2H3,(H,19,23). The third-order valence-corrected chi connectivity index (χ3v) is 5.15. The fourth-order valence-electron chi connectivity index (χ4n) is 2.97. The van der Waals surface area contributed by atoms with Crippen molar-refractivity contribution < 1.29 is 4.79 Å². The smallest absolute Gasteiger partial charge is 0.257 e. The molecule has 0 spiro atoms. The fraction of sp³-hybridized carbons (Fsp3) is 0.235. The zero-order valence-electron chi connectivity index (χ0n) is 13.5. The number of carbonyl (C=O) groups is 1. The molecule has 1 aliphatic rings. The molecule has 3 heterocycles. The van der Waals surface area contributed by atoms with Gasteiger partial charge in [0.2, 0.25) is 0 Å². The van der Waals surface area contributed by atoms with E-state index in [1.807, 2.05) is 60.9 Å². The van der Waals surface area contributed by atoms with Crippen LogP contribution in [-0.4, -0.2) is 25.2 Å². The molecule has 0 bridgehead atoms. The lowest BCUT2D eigenvalue weighted by Crippen LogP contribution is -2.17. The molecule has 0 aliphatic carbocycles. The maximum Gasteiger partial charge on any atom is 0.257 e. The van der Waals surface area contributed by atoms with Crippen molar-refractivity contribution in [2.75, 3.05) is 5.32 Å². The Bertz CT molecular complexity index is 927. The number of aryl methyl sites for hydroxylation is 2. The van der Waals surface area contributed by atoms with Crippen LogP contribution in [0, 0.1) is 0 Å². The van der Waals surface area contributed by atoms with Crippen molar-refractivity contribution in [3.63, 3.8) is 0 Å². The van der Waals surface area contributed by atoms with Gasteiger partial charge >= 0.3 is 0 Å². The summed E-state index contributed by atoms with van der Waals surface area (Å²) in [6.45, 7) is 0. The maximum absolute atomic E-state index is 12.9. The van der Waals surface area contributed by atoms with E-state index in [4.69, 9.17) is 0 Å². The van der Waals surface area contributed by atoms with Crippen LogP contribution in [-0.2, 0) is 25.6 Å². The summed E-state index contributed by atoms with van der Waals surface area (Å²) in [6.07, 6.45) is 3.60. The van der Waals surface area contributed by atoms with Crippen molar-refractivity contribution in [1.29, 1.82) is 0 Å². The van der Waals surface area contributed by atoms with Crippen LogP contribution >= 0.6 is 11.8 Å². The van der Waals surface area contributed by atoms with E-state index in [2.05, 4.69) is 15.4 Å². The molecular weight excluding hydrogens is 322 g/mol. The summed E-state index contributed by atoms with van der Waals surface area (Å²) < 4.78 is 3.66. The summed E-state index contributed by atoms with van der Waals surface area (Å²) in [5, 5.41) is 7.53. The van der Waals surface area contributed by atoms with Crippen LogP contribution < -0.4 is 5.32 Å². The molecule has 6 nitrogen and oxygen atoms in total. The number of amides is 1. The van der Waals surface area contributed by atoms with Gasteiger partial charge in [0.1, 0.15) is 11.6 Å². The van der Waals surface area contributed by atoms with E-state index < -0.39 is 0 Å². The average molecular weight is 339 g/mol. The number of nitrogens with zero attached hydrogens (tertiary/aromatic N) is 4. The number of fused-ring (bicyclic) bond motifs is 1. The minimum atomic E-state index is -0.142. The molecule has 2 aromatic heterocycles. The Morgan fingerprint density at radius 1 is 1.25 bits per heavy atom. The van der Waals surface area contributed by atoms with Gasteiger partial charge in [-0.05, 0) is 6.07 Å². The van der Waals surface area contributed by atoms with Crippen LogP contribution in [0.5, 0.6) is 0 Å². The second-order valence-electron chi connectivity index (χ2n) is 5.75. The maximum atomic E-state index is 12.9. The highest BCUT2D eigenvalue weighted by Crippen LogP contribution is 2.34. The van der Waals surface area contributed by atoms with E-state index >= 15 is 0 Å². The summed E-state index contributed by atoms with van der Waals surface area (Å²) in [5.41, 5.74) is 3.61. The van der Waals surface area contributed by atoms with Crippen molar-refractivity contribution in [2.45, 2.75) is 11.5 Å². The number of imidazole rings is 1. The number of hydrogen-bond acceptors (Lipinski definition) is 4. The van der Waals surface area contributed by atoms with E-state index in [1.165, 1.54) is 0 Å². The molecule has 0 atom stereocenters. The lowest BCUT2D eigenvalue weighted by Gasteiger charge is -2.11. The van der Waals surface area contributed by atoms with Gasteiger partial charge in [-0.15, -0.1) is 0 Å². The Balaban J connectivity index is 1.71. The SMILES string of the molecule is Cn1ccnc1-c1ccccc1C(=O)Nc1c2c(nn1C)CSC2. The van der Waals surface area contributed by atoms with E-state index in [1.54, 1.807) is 10.9 Å². The van der Waals surface area contributed by atoms with Crippen LogP contribution in [0.3, 0.4) is 0 Å². The number of thioether (sulfide) groups is 1. The summed E-state index contributed by atoms with van der Waals surface area (Å²) in [5.74, 6) is 3.21. The first kappa shape index (κ1) is 15.0. The highest BCUT2D eigenvalue weighted by molar-refractivity contribution is 7.98. The van der Waals surface area contributed by atoms with Gasteiger partial charge in [0.05, 0.1) is 11.3 Å². The van der Waals surface area contributed by atoms with Crippen molar-refractivity contribution in [3.8, 4) is 11.4 Å². The summed E-state index contributed by atoms with van der Waals surface area (Å²) in [7, 11) is 3.78. The zero-order valence-corrected chi connectivity index (χ0v) is 14.3. The van der Waals surface area contributed by atoms with Gasteiger partial charge in [-0.3, -0.25) is 9.48 Å². The highest BCUT2D eigenvalue weighted by atomic mass is 32.2. The predicted molar refractivity (Wildman–Crippen MR) is 94.8 cm³/mol. The molecule has 1 N–H and O–H groups in total. The Kier molecular flexibility index (Phi) is 3.65. The van der Waals surface area contributed by atoms with E-state index in [-0.39, 0.29) is 5.91 Å². The van der Waals surface area contributed by atoms with Crippen LogP contribution in [0.15, 0.2) is 36.7 Å². The fourth-order valence-corrected chi connectivity index (χ4v) is 4.01. The Morgan fingerprint density at radius 3 is 2.88 bits per heavy atom.